The molecule has 9 heteroatoms. The Morgan fingerprint density at radius 1 is 0.711 bits per heavy atom. The molecule has 2 aromatic heterocycles. The number of aromatic nitrogens is 3. The summed E-state index contributed by atoms with van der Waals surface area (Å²) in [5.41, 5.74) is 1.73. The molecule has 0 unspecified atom stereocenters. The van der Waals surface area contributed by atoms with Gasteiger partial charge < -0.3 is 24.3 Å². The summed E-state index contributed by atoms with van der Waals surface area (Å²) in [5, 5.41) is 1.96. The summed E-state index contributed by atoms with van der Waals surface area (Å²) in [5.74, 6) is 2.57. The lowest BCUT2D eigenvalue weighted by atomic mass is 10.0. The minimum Gasteiger partial charge on any atom is -0.495 e. The summed E-state index contributed by atoms with van der Waals surface area (Å²) in [6.45, 7) is 6.07. The first-order chi connectivity index (χ1) is 18.7. The Labute approximate surface area is 222 Å². The van der Waals surface area contributed by atoms with Crippen LogP contribution in [0, 0.1) is 0 Å². The number of para-hydroxylation sites is 2. The standard InChI is InChI=1S/C29H31N7O2/c1-38-26-10-5-4-9-25(26)33-13-17-35(18-14-33)28(37)24-21-32-27(23-8-3-2-7-22(23)24)34-15-19-36(20-16-34)29-30-11-6-12-31-29/h2-12,21H,13-20H2,1H3. The van der Waals surface area contributed by atoms with E-state index in [-0.39, 0.29) is 5.91 Å². The Balaban J connectivity index is 1.18. The van der Waals surface area contributed by atoms with Crippen molar-refractivity contribution in [3.05, 3.63) is 78.8 Å². The largest absolute Gasteiger partial charge is 0.495 e. The summed E-state index contributed by atoms with van der Waals surface area (Å²) in [6, 6.07) is 18.0. The number of pyridine rings is 1. The maximum Gasteiger partial charge on any atom is 0.256 e. The van der Waals surface area contributed by atoms with Gasteiger partial charge in [-0.2, -0.15) is 0 Å². The predicted molar refractivity (Wildman–Crippen MR) is 149 cm³/mol. The fourth-order valence-corrected chi connectivity index (χ4v) is 5.38. The molecule has 2 aliphatic heterocycles. The first-order valence-electron chi connectivity index (χ1n) is 13.0. The van der Waals surface area contributed by atoms with Crippen molar-refractivity contribution in [2.75, 3.05) is 74.2 Å². The molecule has 0 spiro atoms. The highest BCUT2D eigenvalue weighted by Gasteiger charge is 2.27. The lowest BCUT2D eigenvalue weighted by molar-refractivity contribution is 0.0748. The zero-order chi connectivity index (χ0) is 25.9. The number of hydrogen-bond donors (Lipinski definition) is 0. The summed E-state index contributed by atoms with van der Waals surface area (Å²) in [7, 11) is 1.69. The number of anilines is 3. The van der Waals surface area contributed by atoms with Crippen LogP contribution < -0.4 is 19.4 Å². The highest BCUT2D eigenvalue weighted by Crippen LogP contribution is 2.31. The molecular weight excluding hydrogens is 478 g/mol. The van der Waals surface area contributed by atoms with Crippen LogP contribution in [0.25, 0.3) is 10.8 Å². The molecule has 0 radical (unpaired) electrons. The van der Waals surface area contributed by atoms with Gasteiger partial charge in [0.25, 0.3) is 5.91 Å². The van der Waals surface area contributed by atoms with Crippen LogP contribution in [0.2, 0.25) is 0 Å². The van der Waals surface area contributed by atoms with Gasteiger partial charge in [0.05, 0.1) is 18.4 Å². The minimum atomic E-state index is 0.0333. The molecule has 6 rings (SSSR count). The van der Waals surface area contributed by atoms with E-state index in [1.54, 1.807) is 25.7 Å². The first-order valence-corrected chi connectivity index (χ1v) is 13.0. The van der Waals surface area contributed by atoms with Gasteiger partial charge in [-0.1, -0.05) is 36.4 Å². The highest BCUT2D eigenvalue weighted by molar-refractivity contribution is 6.09. The Morgan fingerprint density at radius 2 is 1.34 bits per heavy atom. The van der Waals surface area contributed by atoms with Crippen molar-refractivity contribution in [3.8, 4) is 5.75 Å². The Bertz CT molecular complexity index is 1420. The third kappa shape index (κ3) is 4.55. The van der Waals surface area contributed by atoms with Crippen LogP contribution in [0.5, 0.6) is 5.75 Å². The topological polar surface area (TPSA) is 77.9 Å². The quantitative estimate of drug-likeness (QED) is 0.406. The van der Waals surface area contributed by atoms with Gasteiger partial charge in [0.2, 0.25) is 5.95 Å². The van der Waals surface area contributed by atoms with Crippen LogP contribution in [0.15, 0.2) is 73.2 Å². The number of fused-ring (bicyclic) bond motifs is 1. The number of benzene rings is 2. The Kier molecular flexibility index (Phi) is 6.64. The van der Waals surface area contributed by atoms with E-state index in [9.17, 15) is 4.79 Å². The van der Waals surface area contributed by atoms with Gasteiger partial charge >= 0.3 is 0 Å². The molecular formula is C29H31N7O2. The fourth-order valence-electron chi connectivity index (χ4n) is 5.38. The summed E-state index contributed by atoms with van der Waals surface area (Å²) in [6.07, 6.45) is 5.31. The SMILES string of the molecule is COc1ccccc1N1CCN(C(=O)c2cnc(N3CCN(c4ncccn4)CC3)c3ccccc23)CC1. The molecule has 4 heterocycles. The third-order valence-electron chi connectivity index (χ3n) is 7.41. The predicted octanol–water partition coefficient (Wildman–Crippen LogP) is 3.32. The molecule has 0 saturated carbocycles. The van der Waals surface area contributed by atoms with Crippen LogP contribution in [0.3, 0.4) is 0 Å². The molecule has 4 aromatic rings. The van der Waals surface area contributed by atoms with Crippen LogP contribution >= 0.6 is 0 Å². The zero-order valence-corrected chi connectivity index (χ0v) is 21.5. The third-order valence-corrected chi connectivity index (χ3v) is 7.41. The molecule has 38 heavy (non-hydrogen) atoms. The lowest BCUT2D eigenvalue weighted by Crippen LogP contribution is -2.49. The van der Waals surface area contributed by atoms with E-state index in [4.69, 9.17) is 9.72 Å². The molecule has 0 bridgehead atoms. The van der Waals surface area contributed by atoms with E-state index >= 15 is 0 Å². The van der Waals surface area contributed by atoms with Crippen molar-refractivity contribution in [2.24, 2.45) is 0 Å². The van der Waals surface area contributed by atoms with Crippen LogP contribution in [0.4, 0.5) is 17.5 Å². The van der Waals surface area contributed by atoms with E-state index in [1.165, 1.54) is 0 Å². The average molecular weight is 510 g/mol. The van der Waals surface area contributed by atoms with Gasteiger partial charge in [0.1, 0.15) is 11.6 Å². The lowest BCUT2D eigenvalue weighted by Gasteiger charge is -2.37. The number of carbonyl (C=O) groups is 1. The molecule has 194 valence electrons. The van der Waals surface area contributed by atoms with Crippen molar-refractivity contribution < 1.29 is 9.53 Å². The van der Waals surface area contributed by atoms with Crippen molar-refractivity contribution in [2.45, 2.75) is 0 Å². The number of methoxy groups -OCH3 is 1. The van der Waals surface area contributed by atoms with Crippen LogP contribution in [0.1, 0.15) is 10.4 Å². The van der Waals surface area contributed by atoms with E-state index in [0.717, 1.165) is 73.2 Å². The number of hydrogen-bond acceptors (Lipinski definition) is 8. The van der Waals surface area contributed by atoms with Gasteiger partial charge in [-0.15, -0.1) is 0 Å². The second kappa shape index (κ2) is 10.5. The minimum absolute atomic E-state index is 0.0333. The molecule has 9 nitrogen and oxygen atoms in total. The van der Waals surface area contributed by atoms with Gasteiger partial charge in [-0.25, -0.2) is 15.0 Å². The Hall–Kier alpha value is -4.40. The van der Waals surface area contributed by atoms with Crippen molar-refractivity contribution in [3.63, 3.8) is 0 Å². The highest BCUT2D eigenvalue weighted by atomic mass is 16.5. The molecule has 2 fully saturated rings. The average Bonchev–Trinajstić information content (AvgIpc) is 3.01. The monoisotopic (exact) mass is 509 g/mol. The van der Waals surface area contributed by atoms with Crippen LogP contribution in [-0.2, 0) is 0 Å². The smallest absolute Gasteiger partial charge is 0.256 e. The fraction of sp³-hybridized carbons (Fsp3) is 0.310. The molecule has 1 amide bonds. The van der Waals surface area contributed by atoms with E-state index < -0.39 is 0 Å². The van der Waals surface area contributed by atoms with Gasteiger partial charge in [-0.05, 0) is 23.6 Å². The van der Waals surface area contributed by atoms with Crippen LogP contribution in [-0.4, -0.2) is 85.2 Å². The van der Waals surface area contributed by atoms with E-state index in [2.05, 4.69) is 36.8 Å². The number of piperazine rings is 2. The number of ether oxygens (including phenoxy) is 1. The maximum atomic E-state index is 13.7. The summed E-state index contributed by atoms with van der Waals surface area (Å²) < 4.78 is 5.54. The molecule has 0 N–H and O–H groups in total. The second-order valence-corrected chi connectivity index (χ2v) is 9.52. The molecule has 0 aliphatic carbocycles. The van der Waals surface area contributed by atoms with Crippen molar-refractivity contribution >= 4 is 34.1 Å². The number of carbonyl (C=O) groups excluding carboxylic acids is 1. The van der Waals surface area contributed by atoms with Crippen molar-refractivity contribution in [1.82, 2.24) is 19.9 Å². The van der Waals surface area contributed by atoms with E-state index in [0.29, 0.717) is 18.7 Å². The first kappa shape index (κ1) is 24.0. The Morgan fingerprint density at radius 3 is 2.08 bits per heavy atom. The summed E-state index contributed by atoms with van der Waals surface area (Å²) in [4.78, 5) is 36.0. The molecule has 0 atom stereocenters. The molecule has 2 aliphatic rings. The van der Waals surface area contributed by atoms with Gasteiger partial charge in [0, 0.05) is 76.3 Å². The number of rotatable bonds is 5. The van der Waals surface area contributed by atoms with Gasteiger partial charge in [0.15, 0.2) is 0 Å². The number of nitrogens with zero attached hydrogens (tertiary/aromatic N) is 7. The number of amides is 1. The van der Waals surface area contributed by atoms with Crippen molar-refractivity contribution in [1.29, 1.82) is 0 Å². The second-order valence-electron chi connectivity index (χ2n) is 9.52. The van der Waals surface area contributed by atoms with E-state index in [1.807, 2.05) is 47.4 Å². The maximum absolute atomic E-state index is 13.7. The summed E-state index contributed by atoms with van der Waals surface area (Å²) >= 11 is 0. The van der Waals surface area contributed by atoms with Gasteiger partial charge in [-0.3, -0.25) is 4.79 Å². The molecule has 2 saturated heterocycles. The zero-order valence-electron chi connectivity index (χ0n) is 21.5. The molecule has 2 aromatic carbocycles. The normalized spacial score (nSPS) is 16.1.